The summed E-state index contributed by atoms with van der Waals surface area (Å²) in [5.74, 6) is -1.86. The summed E-state index contributed by atoms with van der Waals surface area (Å²) in [6, 6.07) is 18.6. The number of carbonyl (C=O) groups is 2. The van der Waals surface area contributed by atoms with Gasteiger partial charge in [0.1, 0.15) is 6.04 Å². The molecule has 1 N–H and O–H groups in total. The van der Waals surface area contributed by atoms with Crippen molar-refractivity contribution in [2.75, 3.05) is 11.9 Å². The zero-order valence-electron chi connectivity index (χ0n) is 18.4. The molecule has 1 saturated heterocycles. The molecule has 172 valence electrons. The van der Waals surface area contributed by atoms with E-state index >= 15 is 0 Å². The van der Waals surface area contributed by atoms with Crippen LogP contribution in [0.3, 0.4) is 0 Å². The van der Waals surface area contributed by atoms with Gasteiger partial charge in [0, 0.05) is 24.4 Å². The highest BCUT2D eigenvalue weighted by Gasteiger charge is 2.47. The van der Waals surface area contributed by atoms with Gasteiger partial charge in [-0.05, 0) is 35.2 Å². The maximum absolute atomic E-state index is 14.6. The standard InChI is InChI=1S/C27H23F2N3O2/c28-21-10-11-22-20(25(21)29)15-32(27(34)30-22)24(12-16-6-2-1-3-7-16)26(33)31-14-17-13-23(31)19-9-5-4-8-18(17)19/h1-11,17,23-24H,12-15H2,(H,30,34)/t17-,23-,24+/m0/s1. The lowest BCUT2D eigenvalue weighted by atomic mass is 9.97. The van der Waals surface area contributed by atoms with Crippen molar-refractivity contribution in [3.63, 3.8) is 0 Å². The highest BCUT2D eigenvalue weighted by molar-refractivity contribution is 5.96. The first-order chi connectivity index (χ1) is 16.5. The van der Waals surface area contributed by atoms with Gasteiger partial charge in [-0.15, -0.1) is 0 Å². The van der Waals surface area contributed by atoms with Gasteiger partial charge in [0.25, 0.3) is 0 Å². The third-order valence-corrected chi connectivity index (χ3v) is 7.34. The van der Waals surface area contributed by atoms with Gasteiger partial charge in [0.05, 0.1) is 18.3 Å². The number of nitrogens with zero attached hydrogens (tertiary/aromatic N) is 2. The maximum atomic E-state index is 14.6. The number of nitrogens with one attached hydrogen (secondary N) is 1. The van der Waals surface area contributed by atoms with Gasteiger partial charge in [-0.2, -0.15) is 0 Å². The number of fused-ring (bicyclic) bond motifs is 6. The third kappa shape index (κ3) is 3.26. The number of likely N-dealkylation sites (tertiary alicyclic amines) is 1. The van der Waals surface area contributed by atoms with Crippen molar-refractivity contribution in [2.45, 2.75) is 37.4 Å². The van der Waals surface area contributed by atoms with Crippen LogP contribution in [-0.2, 0) is 17.8 Å². The Kier molecular flexibility index (Phi) is 4.86. The van der Waals surface area contributed by atoms with Crippen molar-refractivity contribution in [3.05, 3.63) is 101 Å². The predicted molar refractivity (Wildman–Crippen MR) is 123 cm³/mol. The molecule has 1 aliphatic carbocycles. The Morgan fingerprint density at radius 2 is 1.74 bits per heavy atom. The lowest BCUT2D eigenvalue weighted by Gasteiger charge is -2.39. The number of benzene rings is 3. The Balaban J connectivity index is 1.36. The first-order valence-electron chi connectivity index (χ1n) is 11.5. The summed E-state index contributed by atoms with van der Waals surface area (Å²) in [5.41, 5.74) is 3.63. The minimum absolute atomic E-state index is 0.0266. The molecule has 0 aromatic heterocycles. The zero-order chi connectivity index (χ0) is 23.4. The normalized spacial score (nSPS) is 21.2. The third-order valence-electron chi connectivity index (χ3n) is 7.34. The smallest absolute Gasteiger partial charge is 0.322 e. The predicted octanol–water partition coefficient (Wildman–Crippen LogP) is 4.99. The molecule has 6 rings (SSSR count). The molecular formula is C27H23F2N3O2. The van der Waals surface area contributed by atoms with E-state index in [9.17, 15) is 18.4 Å². The van der Waals surface area contributed by atoms with E-state index in [2.05, 4.69) is 17.4 Å². The number of hydrogen-bond acceptors (Lipinski definition) is 2. The Hall–Kier alpha value is -3.74. The van der Waals surface area contributed by atoms with Gasteiger partial charge in [-0.25, -0.2) is 13.6 Å². The van der Waals surface area contributed by atoms with Crippen LogP contribution in [0.2, 0.25) is 0 Å². The van der Waals surface area contributed by atoms with Crippen LogP contribution < -0.4 is 5.32 Å². The van der Waals surface area contributed by atoms with E-state index in [1.807, 2.05) is 47.4 Å². The molecule has 0 unspecified atom stereocenters. The molecule has 3 aromatic carbocycles. The minimum Gasteiger partial charge on any atom is -0.333 e. The Morgan fingerprint density at radius 3 is 2.53 bits per heavy atom. The molecule has 2 bridgehead atoms. The summed E-state index contributed by atoms with van der Waals surface area (Å²) in [4.78, 5) is 30.3. The highest BCUT2D eigenvalue weighted by Crippen LogP contribution is 2.50. The number of anilines is 1. The molecule has 3 amide bonds. The molecule has 2 aliphatic heterocycles. The van der Waals surface area contributed by atoms with Crippen molar-refractivity contribution < 1.29 is 18.4 Å². The van der Waals surface area contributed by atoms with Crippen molar-refractivity contribution in [2.24, 2.45) is 0 Å². The molecule has 0 spiro atoms. The van der Waals surface area contributed by atoms with E-state index in [-0.39, 0.29) is 42.1 Å². The van der Waals surface area contributed by atoms with Crippen LogP contribution in [0.15, 0.2) is 66.7 Å². The largest absolute Gasteiger partial charge is 0.333 e. The average Bonchev–Trinajstić information content (AvgIpc) is 3.45. The highest BCUT2D eigenvalue weighted by atomic mass is 19.2. The molecule has 3 aromatic rings. The number of amides is 3. The van der Waals surface area contributed by atoms with Crippen LogP contribution in [0.25, 0.3) is 0 Å². The van der Waals surface area contributed by atoms with E-state index in [4.69, 9.17) is 0 Å². The van der Waals surface area contributed by atoms with E-state index in [1.165, 1.54) is 16.5 Å². The first-order valence-corrected chi connectivity index (χ1v) is 11.5. The number of urea groups is 1. The maximum Gasteiger partial charge on any atom is 0.322 e. The van der Waals surface area contributed by atoms with Gasteiger partial charge in [0.15, 0.2) is 11.6 Å². The second-order valence-corrected chi connectivity index (χ2v) is 9.22. The Morgan fingerprint density at radius 1 is 1.00 bits per heavy atom. The molecule has 3 aliphatic rings. The molecule has 0 radical (unpaired) electrons. The molecule has 0 saturated carbocycles. The number of carbonyl (C=O) groups excluding carboxylic acids is 2. The fraction of sp³-hybridized carbons (Fsp3) is 0.259. The molecule has 5 nitrogen and oxygen atoms in total. The zero-order valence-corrected chi connectivity index (χ0v) is 18.4. The fourth-order valence-corrected chi connectivity index (χ4v) is 5.69. The summed E-state index contributed by atoms with van der Waals surface area (Å²) in [6.45, 7) is 0.424. The van der Waals surface area contributed by atoms with Crippen LogP contribution >= 0.6 is 0 Å². The van der Waals surface area contributed by atoms with Crippen molar-refractivity contribution in [3.8, 4) is 0 Å². The van der Waals surface area contributed by atoms with E-state index in [0.717, 1.165) is 23.6 Å². The van der Waals surface area contributed by atoms with Gasteiger partial charge in [-0.1, -0.05) is 54.6 Å². The van der Waals surface area contributed by atoms with Crippen LogP contribution in [0.5, 0.6) is 0 Å². The summed E-state index contributed by atoms with van der Waals surface area (Å²) in [5, 5.41) is 2.65. The Labute approximate surface area is 196 Å². The van der Waals surface area contributed by atoms with Crippen molar-refractivity contribution in [1.82, 2.24) is 9.80 Å². The van der Waals surface area contributed by atoms with Crippen molar-refractivity contribution >= 4 is 17.6 Å². The first kappa shape index (κ1) is 20.8. The van der Waals surface area contributed by atoms with Gasteiger partial charge in [0.2, 0.25) is 5.91 Å². The molecule has 7 heteroatoms. The second kappa shape index (κ2) is 7.94. The quantitative estimate of drug-likeness (QED) is 0.597. The number of hydrogen-bond donors (Lipinski definition) is 1. The average molecular weight is 459 g/mol. The molecule has 1 fully saturated rings. The SMILES string of the molecule is O=C1Nc2ccc(F)c(F)c2CN1[C@H](Cc1ccccc1)C(=O)N1C[C@@H]2C[C@H]1c1ccccc12. The minimum atomic E-state index is -0.998. The fourth-order valence-electron chi connectivity index (χ4n) is 5.69. The van der Waals surface area contributed by atoms with Gasteiger partial charge >= 0.3 is 6.03 Å². The topological polar surface area (TPSA) is 52.7 Å². The van der Waals surface area contributed by atoms with Gasteiger partial charge < -0.3 is 15.1 Å². The molecular weight excluding hydrogens is 436 g/mol. The summed E-state index contributed by atoms with van der Waals surface area (Å²) < 4.78 is 28.6. The van der Waals surface area contributed by atoms with E-state index in [1.54, 1.807) is 0 Å². The molecule has 3 atom stereocenters. The Bertz CT molecular complexity index is 1300. The summed E-state index contributed by atoms with van der Waals surface area (Å²) in [6.07, 6.45) is 1.16. The lowest BCUT2D eigenvalue weighted by Crippen LogP contribution is -2.54. The molecule has 2 heterocycles. The van der Waals surface area contributed by atoms with E-state index < -0.39 is 23.7 Å². The van der Waals surface area contributed by atoms with Crippen LogP contribution in [0.1, 0.15) is 40.6 Å². The second-order valence-electron chi connectivity index (χ2n) is 9.22. The number of rotatable bonds is 4. The lowest BCUT2D eigenvalue weighted by molar-refractivity contribution is -0.137. The van der Waals surface area contributed by atoms with Crippen LogP contribution in [0.4, 0.5) is 19.3 Å². The number of halogens is 2. The summed E-state index contributed by atoms with van der Waals surface area (Å²) in [7, 11) is 0. The van der Waals surface area contributed by atoms with E-state index in [0.29, 0.717) is 6.54 Å². The van der Waals surface area contributed by atoms with Crippen LogP contribution in [-0.4, -0.2) is 34.3 Å². The van der Waals surface area contributed by atoms with Crippen LogP contribution in [0, 0.1) is 11.6 Å². The van der Waals surface area contributed by atoms with Crippen molar-refractivity contribution in [1.29, 1.82) is 0 Å². The summed E-state index contributed by atoms with van der Waals surface area (Å²) >= 11 is 0. The monoisotopic (exact) mass is 459 g/mol. The molecule has 34 heavy (non-hydrogen) atoms. The van der Waals surface area contributed by atoms with Gasteiger partial charge in [-0.3, -0.25) is 4.79 Å².